The molecule has 1 N–H and O–H groups in total. The van der Waals surface area contributed by atoms with E-state index in [-0.39, 0.29) is 33.8 Å². The lowest BCUT2D eigenvalue weighted by Crippen LogP contribution is -2.39. The minimum atomic E-state index is -3.81. The maximum atomic E-state index is 13.7. The number of nitrogens with one attached hydrogen (secondary N) is 1. The zero-order valence-corrected chi connectivity index (χ0v) is 19.0. The molecule has 2 aromatic rings. The highest BCUT2D eigenvalue weighted by Crippen LogP contribution is 2.29. The van der Waals surface area contributed by atoms with Crippen LogP contribution >= 0.6 is 11.6 Å². The Morgan fingerprint density at radius 3 is 2.77 bits per heavy atom. The smallest absolute Gasteiger partial charge is 0.251 e. The zero-order chi connectivity index (χ0) is 22.6. The monoisotopic (exact) mass is 468 g/mol. The van der Waals surface area contributed by atoms with E-state index in [1.165, 1.54) is 34.6 Å². The van der Waals surface area contributed by atoms with Crippen molar-refractivity contribution in [1.82, 2.24) is 9.62 Å². The van der Waals surface area contributed by atoms with Crippen molar-refractivity contribution in [2.24, 2.45) is 5.92 Å². The molecular weight excluding hydrogens is 443 g/mol. The van der Waals surface area contributed by atoms with Gasteiger partial charge in [0.2, 0.25) is 10.0 Å². The first kappa shape index (κ1) is 23.5. The Labute approximate surface area is 187 Å². The molecule has 1 saturated heterocycles. The van der Waals surface area contributed by atoms with Gasteiger partial charge < -0.3 is 10.1 Å². The van der Waals surface area contributed by atoms with Crippen LogP contribution < -0.4 is 10.1 Å². The van der Waals surface area contributed by atoms with E-state index in [1.807, 2.05) is 6.92 Å². The largest absolute Gasteiger partial charge is 0.488 e. The van der Waals surface area contributed by atoms with E-state index in [4.69, 9.17) is 16.3 Å². The molecule has 1 fully saturated rings. The van der Waals surface area contributed by atoms with E-state index in [0.29, 0.717) is 13.1 Å². The van der Waals surface area contributed by atoms with Crippen LogP contribution in [0, 0.1) is 11.7 Å². The molecule has 1 aliphatic rings. The minimum absolute atomic E-state index is 0.0527. The van der Waals surface area contributed by atoms with Gasteiger partial charge in [-0.3, -0.25) is 4.79 Å². The van der Waals surface area contributed by atoms with Gasteiger partial charge in [-0.25, -0.2) is 12.8 Å². The van der Waals surface area contributed by atoms with Gasteiger partial charge in [-0.15, -0.1) is 0 Å². The minimum Gasteiger partial charge on any atom is -0.488 e. The highest BCUT2D eigenvalue weighted by atomic mass is 35.5. The summed E-state index contributed by atoms with van der Waals surface area (Å²) in [6, 6.07) is 9.75. The maximum Gasteiger partial charge on any atom is 0.251 e. The fourth-order valence-electron chi connectivity index (χ4n) is 3.47. The number of carbonyl (C=O) groups excluding carboxylic acids is 1. The van der Waals surface area contributed by atoms with Gasteiger partial charge in [0.25, 0.3) is 5.91 Å². The second-order valence-corrected chi connectivity index (χ2v) is 10.2. The molecule has 2 unspecified atom stereocenters. The number of hydrogen-bond donors (Lipinski definition) is 1. The van der Waals surface area contributed by atoms with Crippen LogP contribution in [0.25, 0.3) is 0 Å². The number of ether oxygens (including phenoxy) is 1. The molecule has 2 atom stereocenters. The average Bonchev–Trinajstić information content (AvgIpc) is 2.73. The second-order valence-electron chi connectivity index (χ2n) is 7.87. The van der Waals surface area contributed by atoms with Crippen LogP contribution in [0.5, 0.6) is 5.75 Å². The number of sulfonamides is 1. The SMILES string of the molecule is CC1CCCN(S(=O)(=O)c2cc(C(=O)NC(C)COc3ccccc3F)ccc2Cl)C1. The van der Waals surface area contributed by atoms with Gasteiger partial charge in [-0.1, -0.05) is 30.7 Å². The van der Waals surface area contributed by atoms with Crippen LogP contribution in [0.15, 0.2) is 47.4 Å². The maximum absolute atomic E-state index is 13.7. The molecule has 9 heteroatoms. The van der Waals surface area contributed by atoms with E-state index in [9.17, 15) is 17.6 Å². The third kappa shape index (κ3) is 5.75. The van der Waals surface area contributed by atoms with Crippen molar-refractivity contribution in [3.05, 3.63) is 58.9 Å². The first-order chi connectivity index (χ1) is 14.7. The fraction of sp³-hybridized carbons (Fsp3) is 0.409. The van der Waals surface area contributed by atoms with Crippen LogP contribution in [-0.2, 0) is 10.0 Å². The number of piperidine rings is 1. The van der Waals surface area contributed by atoms with Crippen molar-refractivity contribution in [2.75, 3.05) is 19.7 Å². The van der Waals surface area contributed by atoms with Crippen molar-refractivity contribution in [2.45, 2.75) is 37.6 Å². The molecule has 0 aliphatic carbocycles. The number of hydrogen-bond acceptors (Lipinski definition) is 4. The summed E-state index contributed by atoms with van der Waals surface area (Å²) in [5.41, 5.74) is 0.172. The van der Waals surface area contributed by atoms with Crippen molar-refractivity contribution < 1.29 is 22.3 Å². The van der Waals surface area contributed by atoms with Crippen LogP contribution in [-0.4, -0.2) is 44.4 Å². The third-order valence-electron chi connectivity index (χ3n) is 5.13. The predicted octanol–water partition coefficient (Wildman–Crippen LogP) is 4.10. The summed E-state index contributed by atoms with van der Waals surface area (Å²) in [5, 5.41) is 2.81. The lowest BCUT2D eigenvalue weighted by molar-refractivity contribution is 0.0926. The Bertz CT molecular complexity index is 1050. The fourth-order valence-corrected chi connectivity index (χ4v) is 5.57. The van der Waals surface area contributed by atoms with Gasteiger partial charge in [-0.2, -0.15) is 4.31 Å². The zero-order valence-electron chi connectivity index (χ0n) is 17.5. The molecule has 31 heavy (non-hydrogen) atoms. The third-order valence-corrected chi connectivity index (χ3v) is 7.48. The summed E-state index contributed by atoms with van der Waals surface area (Å²) >= 11 is 6.19. The molecule has 6 nitrogen and oxygen atoms in total. The van der Waals surface area contributed by atoms with Gasteiger partial charge >= 0.3 is 0 Å². The highest BCUT2D eigenvalue weighted by molar-refractivity contribution is 7.89. The summed E-state index contributed by atoms with van der Waals surface area (Å²) in [5.74, 6) is -0.589. The number of carbonyl (C=O) groups is 1. The van der Waals surface area contributed by atoms with Gasteiger partial charge in [-0.05, 0) is 56.0 Å². The molecule has 0 radical (unpaired) electrons. The van der Waals surface area contributed by atoms with Crippen molar-refractivity contribution >= 4 is 27.5 Å². The average molecular weight is 469 g/mol. The molecule has 0 spiro atoms. The number of nitrogens with zero attached hydrogens (tertiary/aromatic N) is 1. The Morgan fingerprint density at radius 1 is 1.32 bits per heavy atom. The Kier molecular flexibility index (Phi) is 7.56. The Morgan fingerprint density at radius 2 is 2.06 bits per heavy atom. The normalized spacial score (nSPS) is 18.4. The predicted molar refractivity (Wildman–Crippen MR) is 117 cm³/mol. The number of benzene rings is 2. The van der Waals surface area contributed by atoms with Crippen molar-refractivity contribution in [1.29, 1.82) is 0 Å². The second kappa shape index (κ2) is 9.97. The van der Waals surface area contributed by atoms with E-state index < -0.39 is 27.8 Å². The van der Waals surface area contributed by atoms with Crippen molar-refractivity contribution in [3.63, 3.8) is 0 Å². The summed E-state index contributed by atoms with van der Waals surface area (Å²) < 4.78 is 46.7. The molecule has 1 heterocycles. The summed E-state index contributed by atoms with van der Waals surface area (Å²) in [6.45, 7) is 4.64. The molecule has 1 aliphatic heterocycles. The lowest BCUT2D eigenvalue weighted by Gasteiger charge is -2.30. The van der Waals surface area contributed by atoms with Crippen LogP contribution in [0.3, 0.4) is 0 Å². The number of amides is 1. The standard InChI is InChI=1S/C22H26ClFN2O4S/c1-15-6-5-11-26(13-15)31(28,29)21-12-17(9-10-18(21)23)22(27)25-16(2)14-30-20-8-4-3-7-19(20)24/h3-4,7-10,12,15-16H,5-6,11,13-14H2,1-2H3,(H,25,27). The first-order valence-corrected chi connectivity index (χ1v) is 12.0. The topological polar surface area (TPSA) is 75.7 Å². The molecule has 0 saturated carbocycles. The summed E-state index contributed by atoms with van der Waals surface area (Å²) in [7, 11) is -3.81. The van der Waals surface area contributed by atoms with Crippen LogP contribution in [0.1, 0.15) is 37.0 Å². The van der Waals surface area contributed by atoms with E-state index in [2.05, 4.69) is 5.32 Å². The van der Waals surface area contributed by atoms with Crippen molar-refractivity contribution in [3.8, 4) is 5.75 Å². The quantitative estimate of drug-likeness (QED) is 0.663. The van der Waals surface area contributed by atoms with Crippen LogP contribution in [0.4, 0.5) is 4.39 Å². The molecule has 3 rings (SSSR count). The highest BCUT2D eigenvalue weighted by Gasteiger charge is 2.31. The molecule has 0 aromatic heterocycles. The molecule has 2 aromatic carbocycles. The number of rotatable bonds is 7. The summed E-state index contributed by atoms with van der Waals surface area (Å²) in [4.78, 5) is 12.6. The number of halogens is 2. The number of para-hydroxylation sites is 1. The Balaban J connectivity index is 1.70. The molecule has 0 bridgehead atoms. The molecular formula is C22H26ClFN2O4S. The van der Waals surface area contributed by atoms with Gasteiger partial charge in [0.1, 0.15) is 11.5 Å². The van der Waals surface area contributed by atoms with Gasteiger partial charge in [0.15, 0.2) is 11.6 Å². The van der Waals surface area contributed by atoms with Gasteiger partial charge in [0.05, 0.1) is 11.1 Å². The summed E-state index contributed by atoms with van der Waals surface area (Å²) in [6.07, 6.45) is 1.77. The van der Waals surface area contributed by atoms with E-state index in [1.54, 1.807) is 19.1 Å². The Hall–Kier alpha value is -2.16. The molecule has 168 valence electrons. The molecule has 1 amide bonds. The van der Waals surface area contributed by atoms with E-state index >= 15 is 0 Å². The van der Waals surface area contributed by atoms with E-state index in [0.717, 1.165) is 12.8 Å². The van der Waals surface area contributed by atoms with Gasteiger partial charge in [0, 0.05) is 18.7 Å². The lowest BCUT2D eigenvalue weighted by atomic mass is 10.0. The van der Waals surface area contributed by atoms with Crippen LogP contribution in [0.2, 0.25) is 5.02 Å². The first-order valence-electron chi connectivity index (χ1n) is 10.2.